The van der Waals surface area contributed by atoms with Gasteiger partial charge in [-0.15, -0.1) is 0 Å². The zero-order chi connectivity index (χ0) is 23.5. The average molecular weight is 472 g/mol. The van der Waals surface area contributed by atoms with Crippen molar-refractivity contribution in [2.24, 2.45) is 0 Å². The number of thioether (sulfide) groups is 1. The van der Waals surface area contributed by atoms with E-state index in [0.717, 1.165) is 17.8 Å². The number of nitrogens with one attached hydrogen (secondary N) is 1. The fourth-order valence-corrected chi connectivity index (χ4v) is 3.83. The van der Waals surface area contributed by atoms with Crippen LogP contribution in [-0.4, -0.2) is 58.9 Å². The third-order valence-corrected chi connectivity index (χ3v) is 5.55. The Morgan fingerprint density at radius 1 is 1.19 bits per heavy atom. The SMILES string of the molecule is CC(=O)N1CCN(c2cc(C(F)(F)F)nc(SCc3ccc(C(=O)NC(C)C)o3)n2)CC1. The Hall–Kier alpha value is -2.76. The summed E-state index contributed by atoms with van der Waals surface area (Å²) >= 11 is 0.987. The van der Waals surface area contributed by atoms with Gasteiger partial charge in [0.2, 0.25) is 5.91 Å². The molecule has 0 aromatic carbocycles. The summed E-state index contributed by atoms with van der Waals surface area (Å²) in [5.41, 5.74) is -1.03. The number of carbonyl (C=O) groups is 2. The van der Waals surface area contributed by atoms with Crippen molar-refractivity contribution in [1.29, 1.82) is 0 Å². The van der Waals surface area contributed by atoms with E-state index in [1.54, 1.807) is 15.9 Å². The number of rotatable bonds is 6. The summed E-state index contributed by atoms with van der Waals surface area (Å²) in [4.78, 5) is 34.8. The standard InChI is InChI=1S/C20H24F3N5O3S/c1-12(2)24-18(30)15-5-4-14(31-15)11-32-19-25-16(20(21,22)23)10-17(26-19)28-8-6-27(7-9-28)13(3)29/h4-5,10,12H,6-9,11H2,1-3H3,(H,24,30). The maximum absolute atomic E-state index is 13.4. The van der Waals surface area contributed by atoms with Gasteiger partial charge in [-0.2, -0.15) is 13.2 Å². The van der Waals surface area contributed by atoms with Gasteiger partial charge < -0.3 is 19.5 Å². The van der Waals surface area contributed by atoms with E-state index in [4.69, 9.17) is 4.42 Å². The fourth-order valence-electron chi connectivity index (χ4n) is 3.08. The van der Waals surface area contributed by atoms with Crippen molar-refractivity contribution in [3.8, 4) is 0 Å². The minimum Gasteiger partial charge on any atom is -0.455 e. The van der Waals surface area contributed by atoms with Crippen LogP contribution in [0.3, 0.4) is 0 Å². The number of hydrogen-bond acceptors (Lipinski definition) is 7. The molecular formula is C20H24F3N5O3S. The lowest BCUT2D eigenvalue weighted by molar-refractivity contribution is -0.141. The molecule has 2 aromatic rings. The number of anilines is 1. The van der Waals surface area contributed by atoms with Gasteiger partial charge in [0.25, 0.3) is 5.91 Å². The van der Waals surface area contributed by atoms with Crippen LogP contribution >= 0.6 is 11.8 Å². The van der Waals surface area contributed by atoms with Crippen molar-refractivity contribution in [3.05, 3.63) is 35.4 Å². The molecule has 1 saturated heterocycles. The van der Waals surface area contributed by atoms with E-state index in [9.17, 15) is 22.8 Å². The third kappa shape index (κ3) is 6.15. The maximum atomic E-state index is 13.4. The van der Waals surface area contributed by atoms with E-state index in [0.29, 0.717) is 31.9 Å². The lowest BCUT2D eigenvalue weighted by Crippen LogP contribution is -2.48. The van der Waals surface area contributed by atoms with E-state index in [1.807, 2.05) is 13.8 Å². The highest BCUT2D eigenvalue weighted by Crippen LogP contribution is 2.32. The van der Waals surface area contributed by atoms with Crippen LogP contribution in [0.15, 0.2) is 27.8 Å². The molecule has 2 aromatic heterocycles. The van der Waals surface area contributed by atoms with Crippen molar-refractivity contribution in [2.75, 3.05) is 31.1 Å². The summed E-state index contributed by atoms with van der Waals surface area (Å²) in [7, 11) is 0. The monoisotopic (exact) mass is 471 g/mol. The number of piperazine rings is 1. The molecule has 0 bridgehead atoms. The van der Waals surface area contributed by atoms with Crippen LogP contribution in [0.2, 0.25) is 0 Å². The largest absolute Gasteiger partial charge is 0.455 e. The van der Waals surface area contributed by atoms with Crippen molar-refractivity contribution in [1.82, 2.24) is 20.2 Å². The van der Waals surface area contributed by atoms with Crippen LogP contribution in [0.25, 0.3) is 0 Å². The molecule has 0 radical (unpaired) electrons. The number of halogens is 3. The van der Waals surface area contributed by atoms with Gasteiger partial charge in [0.1, 0.15) is 11.6 Å². The van der Waals surface area contributed by atoms with Crippen LogP contribution in [0.5, 0.6) is 0 Å². The molecule has 1 aliphatic heterocycles. The molecule has 1 N–H and O–H groups in total. The first-order valence-corrected chi connectivity index (χ1v) is 11.0. The molecule has 2 amide bonds. The average Bonchev–Trinajstić information content (AvgIpc) is 3.20. The second kappa shape index (κ2) is 9.80. The normalized spacial score (nSPS) is 14.7. The molecule has 3 rings (SSSR count). The summed E-state index contributed by atoms with van der Waals surface area (Å²) in [5, 5.41) is 2.66. The minimum atomic E-state index is -4.62. The van der Waals surface area contributed by atoms with Gasteiger partial charge >= 0.3 is 6.18 Å². The highest BCUT2D eigenvalue weighted by molar-refractivity contribution is 7.98. The van der Waals surface area contributed by atoms with Crippen molar-refractivity contribution in [3.63, 3.8) is 0 Å². The van der Waals surface area contributed by atoms with Gasteiger partial charge in [-0.05, 0) is 26.0 Å². The number of hydrogen-bond donors (Lipinski definition) is 1. The Morgan fingerprint density at radius 2 is 1.88 bits per heavy atom. The molecule has 1 fully saturated rings. The number of carbonyl (C=O) groups excluding carboxylic acids is 2. The Balaban J connectivity index is 1.74. The molecule has 0 atom stereocenters. The summed E-state index contributed by atoms with van der Waals surface area (Å²) in [6.07, 6.45) is -4.62. The van der Waals surface area contributed by atoms with Gasteiger partial charge in [-0.25, -0.2) is 9.97 Å². The second-order valence-corrected chi connectivity index (χ2v) is 8.51. The second-order valence-electron chi connectivity index (χ2n) is 7.57. The molecule has 0 saturated carbocycles. The Bertz CT molecular complexity index is 972. The number of furan rings is 1. The zero-order valence-corrected chi connectivity index (χ0v) is 18.7. The van der Waals surface area contributed by atoms with E-state index in [-0.39, 0.29) is 40.3 Å². The first-order valence-electron chi connectivity index (χ1n) is 10.0. The Kier molecular flexibility index (Phi) is 7.32. The molecule has 174 valence electrons. The third-order valence-electron chi connectivity index (χ3n) is 4.68. The van der Waals surface area contributed by atoms with Crippen LogP contribution in [-0.2, 0) is 16.7 Å². The Labute approximate surface area is 187 Å². The molecule has 0 spiro atoms. The highest BCUT2D eigenvalue weighted by atomic mass is 32.2. The fraction of sp³-hybridized carbons (Fsp3) is 0.500. The van der Waals surface area contributed by atoms with Crippen molar-refractivity contribution in [2.45, 2.75) is 43.9 Å². The predicted molar refractivity (Wildman–Crippen MR) is 112 cm³/mol. The van der Waals surface area contributed by atoms with Crippen LogP contribution < -0.4 is 10.2 Å². The maximum Gasteiger partial charge on any atom is 0.433 e. The smallest absolute Gasteiger partial charge is 0.433 e. The van der Waals surface area contributed by atoms with Crippen molar-refractivity contribution >= 4 is 29.4 Å². The van der Waals surface area contributed by atoms with Crippen molar-refractivity contribution < 1.29 is 27.2 Å². The summed E-state index contributed by atoms with van der Waals surface area (Å²) < 4.78 is 45.7. The quantitative estimate of drug-likeness (QED) is 0.511. The van der Waals surface area contributed by atoms with E-state index in [2.05, 4.69) is 15.3 Å². The predicted octanol–water partition coefficient (Wildman–Crippen LogP) is 3.19. The molecule has 8 nitrogen and oxygen atoms in total. The van der Waals surface area contributed by atoms with E-state index >= 15 is 0 Å². The van der Waals surface area contributed by atoms with Gasteiger partial charge in [0.15, 0.2) is 16.6 Å². The van der Waals surface area contributed by atoms with Gasteiger partial charge in [0, 0.05) is 45.2 Å². The lowest BCUT2D eigenvalue weighted by Gasteiger charge is -2.35. The van der Waals surface area contributed by atoms with Crippen LogP contribution in [0, 0.1) is 0 Å². The highest BCUT2D eigenvalue weighted by Gasteiger charge is 2.34. The molecule has 1 aliphatic rings. The van der Waals surface area contributed by atoms with Crippen LogP contribution in [0.1, 0.15) is 42.8 Å². The van der Waals surface area contributed by atoms with E-state index in [1.165, 1.54) is 13.0 Å². The number of alkyl halides is 3. The topological polar surface area (TPSA) is 91.6 Å². The molecule has 0 aliphatic carbocycles. The molecule has 0 unspecified atom stereocenters. The summed E-state index contributed by atoms with van der Waals surface area (Å²) in [6.45, 7) is 6.69. The van der Waals surface area contributed by atoms with Gasteiger partial charge in [-0.3, -0.25) is 9.59 Å². The van der Waals surface area contributed by atoms with Gasteiger partial charge in [0.05, 0.1) is 5.75 Å². The zero-order valence-electron chi connectivity index (χ0n) is 17.9. The molecule has 12 heteroatoms. The molecule has 32 heavy (non-hydrogen) atoms. The van der Waals surface area contributed by atoms with E-state index < -0.39 is 11.9 Å². The molecule has 3 heterocycles. The first kappa shape index (κ1) is 23.9. The number of aromatic nitrogens is 2. The van der Waals surface area contributed by atoms with Crippen LogP contribution in [0.4, 0.5) is 19.0 Å². The minimum absolute atomic E-state index is 0.0478. The number of amides is 2. The summed E-state index contributed by atoms with van der Waals surface area (Å²) in [5.74, 6) is 0.436. The van der Waals surface area contributed by atoms with Gasteiger partial charge in [-0.1, -0.05) is 11.8 Å². The Morgan fingerprint density at radius 3 is 2.47 bits per heavy atom. The lowest BCUT2D eigenvalue weighted by atomic mass is 10.3. The number of nitrogens with zero attached hydrogens (tertiary/aromatic N) is 4. The summed E-state index contributed by atoms with van der Waals surface area (Å²) in [6, 6.07) is 3.98. The first-order chi connectivity index (χ1) is 15.0. The molecular weight excluding hydrogens is 447 g/mol.